The van der Waals surface area contributed by atoms with Crippen molar-refractivity contribution in [2.24, 2.45) is 5.73 Å². The maximum absolute atomic E-state index is 13.1. The standard InChI is InChI=1S/C24H38N8O7S/c1-28-22(25)17-7-4-6-16(12-17)15-40(37,38)31-19(9-10-21(35)39-3)23(36)32(2)13-20(34)30-18(14-33)8-5-11-29-24(26)27/h4,6-7,12,14,18-19,31H,5,8-11,13,15H2,1-3H3,(H2,25,28)(H,30,34)(H4,26,27,29)/t18-,19-/m0/s1. The Morgan fingerprint density at radius 3 is 2.50 bits per heavy atom. The number of ether oxygens (including phenoxy) is 1. The molecule has 2 amide bonds. The number of carbonyl (C=O) groups excluding carboxylic acids is 4. The molecule has 1 aromatic carbocycles. The van der Waals surface area contributed by atoms with Gasteiger partial charge in [-0.15, -0.1) is 0 Å². The van der Waals surface area contributed by atoms with Gasteiger partial charge in [0.1, 0.15) is 18.2 Å². The van der Waals surface area contributed by atoms with E-state index in [2.05, 4.69) is 25.4 Å². The summed E-state index contributed by atoms with van der Waals surface area (Å²) < 4.78 is 32.8. The van der Waals surface area contributed by atoms with E-state index in [0.717, 1.165) is 12.0 Å². The number of aldehydes is 1. The number of nitrogens with one attached hydrogen (secondary N) is 6. The summed E-state index contributed by atoms with van der Waals surface area (Å²) in [5.74, 6) is -2.67. The van der Waals surface area contributed by atoms with E-state index in [1.807, 2.05) is 0 Å². The number of guanidine groups is 1. The molecule has 16 heteroatoms. The normalized spacial score (nSPS) is 12.4. The van der Waals surface area contributed by atoms with Crippen molar-refractivity contribution in [2.75, 3.05) is 34.3 Å². The van der Waals surface area contributed by atoms with Gasteiger partial charge in [0.25, 0.3) is 0 Å². The van der Waals surface area contributed by atoms with Crippen LogP contribution in [0.2, 0.25) is 0 Å². The number of nitrogens with zero attached hydrogens (tertiary/aromatic N) is 1. The number of hydrogen-bond acceptors (Lipinski definition) is 9. The summed E-state index contributed by atoms with van der Waals surface area (Å²) in [6.07, 6.45) is 0.777. The Bertz CT molecular complexity index is 1180. The molecule has 0 heterocycles. The number of likely N-dealkylation sites (N-methyl/N-ethyl adjacent to an activating group) is 1. The van der Waals surface area contributed by atoms with E-state index in [1.54, 1.807) is 25.2 Å². The number of esters is 1. The molecule has 0 aromatic heterocycles. The summed E-state index contributed by atoms with van der Waals surface area (Å²) in [4.78, 5) is 49.6. The number of amides is 2. The molecule has 0 bridgehead atoms. The Morgan fingerprint density at radius 1 is 1.20 bits per heavy atom. The molecule has 0 aliphatic carbocycles. The average Bonchev–Trinajstić information content (AvgIpc) is 2.91. The predicted octanol–water partition coefficient (Wildman–Crippen LogP) is -1.62. The van der Waals surface area contributed by atoms with Crippen LogP contribution >= 0.6 is 0 Å². The van der Waals surface area contributed by atoms with Crippen LogP contribution in [0.25, 0.3) is 0 Å². The van der Waals surface area contributed by atoms with E-state index >= 15 is 0 Å². The van der Waals surface area contributed by atoms with Gasteiger partial charge < -0.3 is 36.1 Å². The SMILES string of the molecule is CNC(=N)c1cccc(CS(=O)(=O)N[C@@H](CCC(=O)OC)C(=O)N(C)CC(=O)N[C@H](C=O)CCCNC(=N)N)c1. The fourth-order valence-electron chi connectivity index (χ4n) is 3.57. The first-order valence-corrected chi connectivity index (χ1v) is 14.0. The third kappa shape index (κ3) is 12.7. The van der Waals surface area contributed by atoms with Crippen LogP contribution in [-0.2, 0) is 39.7 Å². The van der Waals surface area contributed by atoms with Crippen molar-refractivity contribution in [3.05, 3.63) is 35.4 Å². The van der Waals surface area contributed by atoms with Gasteiger partial charge in [-0.1, -0.05) is 18.2 Å². The van der Waals surface area contributed by atoms with E-state index in [4.69, 9.17) is 16.6 Å². The quantitative estimate of drug-likeness (QED) is 0.0364. The topological polar surface area (TPSA) is 237 Å². The Labute approximate surface area is 233 Å². The van der Waals surface area contributed by atoms with Crippen molar-refractivity contribution in [3.63, 3.8) is 0 Å². The summed E-state index contributed by atoms with van der Waals surface area (Å²) in [5.41, 5.74) is 6.04. The van der Waals surface area contributed by atoms with Gasteiger partial charge >= 0.3 is 5.97 Å². The smallest absolute Gasteiger partial charge is 0.305 e. The van der Waals surface area contributed by atoms with Crippen LogP contribution in [-0.4, -0.2) is 95.6 Å². The van der Waals surface area contributed by atoms with Crippen molar-refractivity contribution < 1.29 is 32.3 Å². The number of sulfonamides is 1. The Morgan fingerprint density at radius 2 is 1.90 bits per heavy atom. The summed E-state index contributed by atoms with van der Waals surface area (Å²) in [7, 11) is -0.0850. The van der Waals surface area contributed by atoms with Crippen LogP contribution in [0.1, 0.15) is 36.8 Å². The van der Waals surface area contributed by atoms with Gasteiger partial charge in [0.15, 0.2) is 5.96 Å². The molecule has 1 rings (SSSR count). The molecular formula is C24H38N8O7S. The minimum absolute atomic E-state index is 0.0998. The lowest BCUT2D eigenvalue weighted by Crippen LogP contribution is -2.51. The third-order valence-corrected chi connectivity index (χ3v) is 6.94. The Hall–Kier alpha value is -4.05. The molecule has 1 aromatic rings. The van der Waals surface area contributed by atoms with Crippen molar-refractivity contribution in [1.82, 2.24) is 25.6 Å². The van der Waals surface area contributed by atoms with Gasteiger partial charge in [0.2, 0.25) is 21.8 Å². The van der Waals surface area contributed by atoms with Crippen LogP contribution < -0.4 is 26.4 Å². The van der Waals surface area contributed by atoms with E-state index in [9.17, 15) is 27.6 Å². The summed E-state index contributed by atoms with van der Waals surface area (Å²) in [6.45, 7) is -0.141. The van der Waals surface area contributed by atoms with Crippen LogP contribution in [0.15, 0.2) is 24.3 Å². The fraction of sp³-hybridized carbons (Fsp3) is 0.500. The van der Waals surface area contributed by atoms with Crippen LogP contribution in [0.4, 0.5) is 0 Å². The molecule has 222 valence electrons. The number of benzene rings is 1. The lowest BCUT2D eigenvalue weighted by atomic mass is 10.1. The molecule has 40 heavy (non-hydrogen) atoms. The van der Waals surface area contributed by atoms with Crippen LogP contribution in [0.3, 0.4) is 0 Å². The summed E-state index contributed by atoms with van der Waals surface area (Å²) >= 11 is 0. The van der Waals surface area contributed by atoms with Crippen molar-refractivity contribution in [1.29, 1.82) is 10.8 Å². The van der Waals surface area contributed by atoms with Gasteiger partial charge in [-0.3, -0.25) is 25.2 Å². The monoisotopic (exact) mass is 582 g/mol. The highest BCUT2D eigenvalue weighted by atomic mass is 32.2. The van der Waals surface area contributed by atoms with Gasteiger partial charge in [-0.05, 0) is 30.9 Å². The number of amidine groups is 1. The first-order valence-electron chi connectivity index (χ1n) is 12.3. The molecule has 0 unspecified atom stereocenters. The molecule has 0 radical (unpaired) electrons. The molecule has 0 spiro atoms. The predicted molar refractivity (Wildman–Crippen MR) is 148 cm³/mol. The number of rotatable bonds is 17. The van der Waals surface area contributed by atoms with Gasteiger partial charge in [0, 0.05) is 32.6 Å². The second-order valence-corrected chi connectivity index (χ2v) is 10.6. The highest BCUT2D eigenvalue weighted by Gasteiger charge is 2.29. The highest BCUT2D eigenvalue weighted by Crippen LogP contribution is 2.12. The molecule has 8 N–H and O–H groups in total. The molecule has 0 saturated carbocycles. The first-order chi connectivity index (χ1) is 18.8. The fourth-order valence-corrected chi connectivity index (χ4v) is 4.92. The molecule has 0 saturated heterocycles. The zero-order valence-electron chi connectivity index (χ0n) is 22.8. The lowest BCUT2D eigenvalue weighted by molar-refractivity contribution is -0.141. The second-order valence-electron chi connectivity index (χ2n) is 8.86. The van der Waals surface area contributed by atoms with E-state index < -0.39 is 52.2 Å². The number of carbonyl (C=O) groups is 4. The summed E-state index contributed by atoms with van der Waals surface area (Å²) in [5, 5.41) is 22.7. The highest BCUT2D eigenvalue weighted by molar-refractivity contribution is 7.88. The molecule has 2 atom stereocenters. The lowest BCUT2D eigenvalue weighted by Gasteiger charge is -2.24. The Kier molecular flexibility index (Phi) is 14.3. The first kappa shape index (κ1) is 34.0. The molecule has 0 fully saturated rings. The Balaban J connectivity index is 2.91. The van der Waals surface area contributed by atoms with Crippen molar-refractivity contribution in [3.8, 4) is 0 Å². The van der Waals surface area contributed by atoms with Gasteiger partial charge in [-0.2, -0.15) is 0 Å². The maximum Gasteiger partial charge on any atom is 0.305 e. The van der Waals surface area contributed by atoms with E-state index in [-0.39, 0.29) is 31.1 Å². The third-order valence-electron chi connectivity index (χ3n) is 5.58. The average molecular weight is 583 g/mol. The van der Waals surface area contributed by atoms with Crippen molar-refractivity contribution >= 4 is 45.9 Å². The summed E-state index contributed by atoms with van der Waals surface area (Å²) in [6, 6.07) is 4.12. The second kappa shape index (κ2) is 16.8. The number of methoxy groups -OCH3 is 1. The van der Waals surface area contributed by atoms with E-state index in [1.165, 1.54) is 13.1 Å². The van der Waals surface area contributed by atoms with Gasteiger partial charge in [0.05, 0.1) is 25.4 Å². The maximum atomic E-state index is 13.1. The zero-order chi connectivity index (χ0) is 30.3. The number of hydrogen-bond donors (Lipinski definition) is 7. The molecule has 15 nitrogen and oxygen atoms in total. The van der Waals surface area contributed by atoms with Gasteiger partial charge in [-0.25, -0.2) is 13.1 Å². The minimum atomic E-state index is -4.10. The molecule has 0 aliphatic rings. The zero-order valence-corrected chi connectivity index (χ0v) is 23.6. The van der Waals surface area contributed by atoms with Crippen LogP contribution in [0, 0.1) is 10.8 Å². The molecule has 0 aliphatic heterocycles. The minimum Gasteiger partial charge on any atom is -0.469 e. The molecular weight excluding hydrogens is 544 g/mol. The number of nitrogens with two attached hydrogens (primary N) is 1. The van der Waals surface area contributed by atoms with Crippen molar-refractivity contribution in [2.45, 2.75) is 43.5 Å². The van der Waals surface area contributed by atoms with E-state index in [0.29, 0.717) is 30.4 Å². The van der Waals surface area contributed by atoms with Crippen LogP contribution in [0.5, 0.6) is 0 Å². The largest absolute Gasteiger partial charge is 0.469 e.